The van der Waals surface area contributed by atoms with Crippen molar-refractivity contribution in [2.24, 2.45) is 0 Å². The molecule has 132 valence electrons. The first-order chi connectivity index (χ1) is 11.3. The Morgan fingerprint density at radius 3 is 2.42 bits per heavy atom. The first-order valence-electron chi connectivity index (χ1n) is 7.83. The molecule has 1 aliphatic heterocycles. The van der Waals surface area contributed by atoms with Crippen molar-refractivity contribution in [3.63, 3.8) is 0 Å². The van der Waals surface area contributed by atoms with Crippen molar-refractivity contribution in [1.82, 2.24) is 10.2 Å². The normalized spacial score (nSPS) is 22.8. The van der Waals surface area contributed by atoms with Gasteiger partial charge in [-0.05, 0) is 31.0 Å². The first-order valence-corrected chi connectivity index (χ1v) is 9.44. The third-order valence-corrected chi connectivity index (χ3v) is 7.00. The van der Waals surface area contributed by atoms with Gasteiger partial charge >= 0.3 is 12.0 Å². The van der Waals surface area contributed by atoms with Gasteiger partial charge in [-0.1, -0.05) is 19.1 Å². The molecule has 24 heavy (non-hydrogen) atoms. The van der Waals surface area contributed by atoms with Crippen molar-refractivity contribution in [3.05, 3.63) is 35.4 Å². The lowest BCUT2D eigenvalue weighted by Crippen LogP contribution is -2.55. The fourth-order valence-corrected chi connectivity index (χ4v) is 4.65. The quantitative estimate of drug-likeness (QED) is 0.852. The lowest BCUT2D eigenvalue weighted by molar-refractivity contribution is 0.0697. The van der Waals surface area contributed by atoms with E-state index in [1.807, 2.05) is 0 Å². The third kappa shape index (κ3) is 3.87. The molecule has 1 fully saturated rings. The van der Waals surface area contributed by atoms with Gasteiger partial charge in [0, 0.05) is 19.6 Å². The third-order valence-electron chi connectivity index (χ3n) is 4.31. The number of nitrogens with zero attached hydrogens (tertiary/aromatic N) is 1. The highest BCUT2D eigenvalue weighted by molar-refractivity contribution is 7.92. The number of carboxylic acids is 1. The molecule has 1 heterocycles. The van der Waals surface area contributed by atoms with Gasteiger partial charge in [-0.2, -0.15) is 0 Å². The Morgan fingerprint density at radius 2 is 1.88 bits per heavy atom. The van der Waals surface area contributed by atoms with Crippen LogP contribution in [0.15, 0.2) is 24.3 Å². The van der Waals surface area contributed by atoms with E-state index in [-0.39, 0.29) is 31.2 Å². The Kier molecular flexibility index (Phi) is 5.48. The van der Waals surface area contributed by atoms with E-state index in [0.29, 0.717) is 6.42 Å². The minimum absolute atomic E-state index is 0.183. The number of nitrogens with one attached hydrogen (secondary N) is 1. The maximum Gasteiger partial charge on any atom is 0.335 e. The number of amides is 2. The van der Waals surface area contributed by atoms with Crippen LogP contribution in [0.25, 0.3) is 0 Å². The van der Waals surface area contributed by atoms with Crippen LogP contribution in [0.4, 0.5) is 4.79 Å². The zero-order valence-electron chi connectivity index (χ0n) is 13.7. The van der Waals surface area contributed by atoms with E-state index < -0.39 is 26.3 Å². The van der Waals surface area contributed by atoms with Crippen LogP contribution >= 0.6 is 0 Å². The van der Waals surface area contributed by atoms with Gasteiger partial charge in [-0.3, -0.25) is 0 Å². The number of urea groups is 1. The molecule has 8 heteroatoms. The summed E-state index contributed by atoms with van der Waals surface area (Å²) in [6, 6.07) is 5.93. The SMILES string of the molecule is CCC1CN(C(=O)NCc2ccc(C(=O)O)cc2)CC(C)S1(=O)=O. The molecule has 1 aromatic rings. The Bertz CT molecular complexity index is 714. The van der Waals surface area contributed by atoms with Crippen LogP contribution < -0.4 is 5.32 Å². The molecule has 2 unspecified atom stereocenters. The monoisotopic (exact) mass is 354 g/mol. The van der Waals surface area contributed by atoms with E-state index in [0.717, 1.165) is 5.56 Å². The lowest BCUT2D eigenvalue weighted by Gasteiger charge is -2.35. The van der Waals surface area contributed by atoms with Crippen molar-refractivity contribution in [1.29, 1.82) is 0 Å². The van der Waals surface area contributed by atoms with Crippen LogP contribution in [0.3, 0.4) is 0 Å². The smallest absolute Gasteiger partial charge is 0.335 e. The maximum atomic E-state index is 12.3. The van der Waals surface area contributed by atoms with Crippen molar-refractivity contribution >= 4 is 21.8 Å². The van der Waals surface area contributed by atoms with Crippen LogP contribution in [0, 0.1) is 0 Å². The van der Waals surface area contributed by atoms with Gasteiger partial charge in [-0.15, -0.1) is 0 Å². The number of carbonyl (C=O) groups is 2. The molecule has 0 radical (unpaired) electrons. The molecular weight excluding hydrogens is 332 g/mol. The minimum Gasteiger partial charge on any atom is -0.478 e. The van der Waals surface area contributed by atoms with Crippen LogP contribution in [0.5, 0.6) is 0 Å². The largest absolute Gasteiger partial charge is 0.478 e. The Labute approximate surface area is 141 Å². The molecule has 1 saturated heterocycles. The fourth-order valence-electron chi connectivity index (χ4n) is 2.75. The fraction of sp³-hybridized carbons (Fsp3) is 0.500. The summed E-state index contributed by atoms with van der Waals surface area (Å²) in [6.07, 6.45) is 0.479. The number of hydrogen-bond acceptors (Lipinski definition) is 4. The highest BCUT2D eigenvalue weighted by atomic mass is 32.2. The second-order valence-corrected chi connectivity index (χ2v) is 8.65. The van der Waals surface area contributed by atoms with Crippen LogP contribution in [-0.4, -0.2) is 54.0 Å². The number of carboxylic acid groups (broad SMARTS) is 1. The summed E-state index contributed by atoms with van der Waals surface area (Å²) in [5.41, 5.74) is 0.962. The van der Waals surface area contributed by atoms with Crippen LogP contribution in [0.2, 0.25) is 0 Å². The Balaban J connectivity index is 1.96. The summed E-state index contributed by atoms with van der Waals surface area (Å²) >= 11 is 0. The topological polar surface area (TPSA) is 104 Å². The molecule has 0 aromatic heterocycles. The average Bonchev–Trinajstić information content (AvgIpc) is 2.55. The molecule has 7 nitrogen and oxygen atoms in total. The van der Waals surface area contributed by atoms with E-state index in [2.05, 4.69) is 5.32 Å². The molecule has 1 aromatic carbocycles. The number of sulfone groups is 1. The Morgan fingerprint density at radius 1 is 1.25 bits per heavy atom. The predicted molar refractivity (Wildman–Crippen MR) is 89.7 cm³/mol. The van der Waals surface area contributed by atoms with Gasteiger partial charge < -0.3 is 15.3 Å². The van der Waals surface area contributed by atoms with Crippen molar-refractivity contribution in [2.75, 3.05) is 13.1 Å². The maximum absolute atomic E-state index is 12.3. The standard InChI is InChI=1S/C16H22N2O5S/c1-3-14-10-18(9-11(2)24(14,22)23)16(21)17-8-12-4-6-13(7-5-12)15(19)20/h4-7,11,14H,3,8-10H2,1-2H3,(H,17,21)(H,19,20). The number of benzene rings is 1. The van der Waals surface area contributed by atoms with Gasteiger partial charge in [-0.25, -0.2) is 18.0 Å². The number of hydrogen-bond donors (Lipinski definition) is 2. The van der Waals surface area contributed by atoms with E-state index in [9.17, 15) is 18.0 Å². The molecule has 0 bridgehead atoms. The summed E-state index contributed by atoms with van der Waals surface area (Å²) in [4.78, 5) is 24.6. The number of aromatic carboxylic acids is 1. The van der Waals surface area contributed by atoms with E-state index >= 15 is 0 Å². The van der Waals surface area contributed by atoms with Gasteiger partial charge in [0.05, 0.1) is 16.1 Å². The molecule has 2 amide bonds. The molecule has 0 saturated carbocycles. The lowest BCUT2D eigenvalue weighted by atomic mass is 10.1. The van der Waals surface area contributed by atoms with Gasteiger partial charge in [0.15, 0.2) is 9.84 Å². The second kappa shape index (κ2) is 7.21. The Hall–Kier alpha value is -2.09. The zero-order valence-corrected chi connectivity index (χ0v) is 14.5. The molecule has 2 N–H and O–H groups in total. The van der Waals surface area contributed by atoms with Crippen molar-refractivity contribution < 1.29 is 23.1 Å². The summed E-state index contributed by atoms with van der Waals surface area (Å²) in [5, 5.41) is 10.5. The highest BCUT2D eigenvalue weighted by Crippen LogP contribution is 2.21. The van der Waals surface area contributed by atoms with Crippen LogP contribution in [0.1, 0.15) is 36.2 Å². The molecular formula is C16H22N2O5S. The van der Waals surface area contributed by atoms with Gasteiger partial charge in [0.2, 0.25) is 0 Å². The zero-order chi connectivity index (χ0) is 17.9. The first kappa shape index (κ1) is 18.3. The summed E-state index contributed by atoms with van der Waals surface area (Å²) in [5.74, 6) is -1.00. The molecule has 2 rings (SSSR count). The van der Waals surface area contributed by atoms with Crippen molar-refractivity contribution in [3.8, 4) is 0 Å². The summed E-state index contributed by atoms with van der Waals surface area (Å²) in [7, 11) is -3.18. The number of carbonyl (C=O) groups excluding carboxylic acids is 1. The van der Waals surface area contributed by atoms with Crippen LogP contribution in [-0.2, 0) is 16.4 Å². The molecule has 1 aliphatic rings. The average molecular weight is 354 g/mol. The van der Waals surface area contributed by atoms with E-state index in [1.54, 1.807) is 26.0 Å². The van der Waals surface area contributed by atoms with Gasteiger partial charge in [0.1, 0.15) is 0 Å². The highest BCUT2D eigenvalue weighted by Gasteiger charge is 2.39. The summed E-state index contributed by atoms with van der Waals surface area (Å²) in [6.45, 7) is 4.07. The van der Waals surface area contributed by atoms with E-state index in [4.69, 9.17) is 5.11 Å². The van der Waals surface area contributed by atoms with Crippen molar-refractivity contribution in [2.45, 2.75) is 37.3 Å². The minimum atomic E-state index is -3.18. The van der Waals surface area contributed by atoms with E-state index in [1.165, 1.54) is 17.0 Å². The summed E-state index contributed by atoms with van der Waals surface area (Å²) < 4.78 is 24.3. The molecule has 0 aliphatic carbocycles. The second-order valence-electron chi connectivity index (χ2n) is 6.00. The predicted octanol–water partition coefficient (Wildman–Crippen LogP) is 1.49. The molecule has 0 spiro atoms. The molecule has 2 atom stereocenters. The van der Waals surface area contributed by atoms with Gasteiger partial charge in [0.25, 0.3) is 0 Å². The number of rotatable bonds is 4.